The fraction of sp³-hybridized carbons (Fsp3) is 0.188. The van der Waals surface area contributed by atoms with Gasteiger partial charge in [-0.05, 0) is 26.0 Å². The molecule has 0 saturated carbocycles. The van der Waals surface area contributed by atoms with Crippen LogP contribution in [0.25, 0.3) is 0 Å². The summed E-state index contributed by atoms with van der Waals surface area (Å²) >= 11 is 0. The Kier molecular flexibility index (Phi) is 3.78. The molecule has 0 amide bonds. The average molecular weight is 240 g/mol. The molecule has 2 nitrogen and oxygen atoms in total. The van der Waals surface area contributed by atoms with Gasteiger partial charge >= 0.3 is 0 Å². The van der Waals surface area contributed by atoms with Gasteiger partial charge in [0.05, 0.1) is 0 Å². The third-order valence-corrected chi connectivity index (χ3v) is 2.76. The number of benzene rings is 2. The molecule has 2 aromatic rings. The monoisotopic (exact) mass is 240 g/mol. The van der Waals surface area contributed by atoms with Crippen molar-refractivity contribution in [2.24, 2.45) is 0 Å². The van der Waals surface area contributed by atoms with E-state index < -0.39 is 6.10 Å². The van der Waals surface area contributed by atoms with Crippen molar-refractivity contribution in [3.05, 3.63) is 65.7 Å². The van der Waals surface area contributed by atoms with E-state index in [0.29, 0.717) is 5.56 Å². The molecule has 0 spiro atoms. The molecule has 1 unspecified atom stereocenters. The zero-order valence-corrected chi connectivity index (χ0v) is 10.6. The van der Waals surface area contributed by atoms with Crippen LogP contribution < -0.4 is 4.74 Å². The van der Waals surface area contributed by atoms with Crippen LogP contribution in [0.4, 0.5) is 0 Å². The summed E-state index contributed by atoms with van der Waals surface area (Å²) in [4.78, 5) is 12.1. The normalized spacial score (nSPS) is 11.9. The number of carbonyl (C=O) groups excluding carboxylic acids is 1. The van der Waals surface area contributed by atoms with Crippen LogP contribution in [0.5, 0.6) is 5.75 Å². The third kappa shape index (κ3) is 2.98. The van der Waals surface area contributed by atoms with Gasteiger partial charge in [0.2, 0.25) is 5.78 Å². The van der Waals surface area contributed by atoms with Crippen LogP contribution in [0.3, 0.4) is 0 Å². The lowest BCUT2D eigenvalue weighted by Gasteiger charge is -2.13. The largest absolute Gasteiger partial charge is 0.483 e. The van der Waals surface area contributed by atoms with Gasteiger partial charge in [0.25, 0.3) is 0 Å². The topological polar surface area (TPSA) is 26.3 Å². The standard InChI is InChI=1S/C16H16O2/c1-12-8-10-15(11-9-12)18-13(2)16(17)14-6-4-3-5-7-14/h3-11,13H,1-2H3. The molecule has 2 rings (SSSR count). The van der Waals surface area contributed by atoms with E-state index in [4.69, 9.17) is 4.74 Å². The Bertz CT molecular complexity index is 515. The lowest BCUT2D eigenvalue weighted by molar-refractivity contribution is 0.0818. The fourth-order valence-corrected chi connectivity index (χ4v) is 1.71. The number of rotatable bonds is 4. The van der Waals surface area contributed by atoms with Gasteiger partial charge in [0, 0.05) is 5.56 Å². The van der Waals surface area contributed by atoms with Crippen molar-refractivity contribution >= 4 is 5.78 Å². The van der Waals surface area contributed by atoms with E-state index in [1.165, 1.54) is 5.56 Å². The Labute approximate surface area is 107 Å². The summed E-state index contributed by atoms with van der Waals surface area (Å²) in [6.07, 6.45) is -0.477. The predicted molar refractivity (Wildman–Crippen MR) is 72.0 cm³/mol. The molecular formula is C16H16O2. The molecule has 0 aliphatic rings. The van der Waals surface area contributed by atoms with E-state index in [2.05, 4.69) is 0 Å². The van der Waals surface area contributed by atoms with Crippen molar-refractivity contribution in [3.63, 3.8) is 0 Å². The van der Waals surface area contributed by atoms with E-state index in [1.807, 2.05) is 49.4 Å². The molecule has 0 bridgehead atoms. The summed E-state index contributed by atoms with van der Waals surface area (Å²) in [6, 6.07) is 16.9. The summed E-state index contributed by atoms with van der Waals surface area (Å²) in [7, 11) is 0. The van der Waals surface area contributed by atoms with Crippen molar-refractivity contribution in [1.29, 1.82) is 0 Å². The highest BCUT2D eigenvalue weighted by Gasteiger charge is 2.16. The molecule has 2 heteroatoms. The molecule has 0 saturated heterocycles. The van der Waals surface area contributed by atoms with Crippen LogP contribution in [-0.2, 0) is 0 Å². The maximum Gasteiger partial charge on any atom is 0.202 e. The van der Waals surface area contributed by atoms with Crippen molar-refractivity contribution in [3.8, 4) is 5.75 Å². The molecule has 0 radical (unpaired) electrons. The van der Waals surface area contributed by atoms with Crippen molar-refractivity contribution in [2.45, 2.75) is 20.0 Å². The van der Waals surface area contributed by atoms with E-state index in [9.17, 15) is 4.79 Å². The van der Waals surface area contributed by atoms with Crippen molar-refractivity contribution in [1.82, 2.24) is 0 Å². The minimum atomic E-state index is -0.477. The van der Waals surface area contributed by atoms with Crippen LogP contribution in [0.1, 0.15) is 22.8 Å². The Morgan fingerprint density at radius 1 is 1.00 bits per heavy atom. The summed E-state index contributed by atoms with van der Waals surface area (Å²) in [5.41, 5.74) is 1.85. The van der Waals surface area contributed by atoms with Crippen LogP contribution in [0.2, 0.25) is 0 Å². The van der Waals surface area contributed by atoms with Crippen molar-refractivity contribution in [2.75, 3.05) is 0 Å². The summed E-state index contributed by atoms with van der Waals surface area (Å²) < 4.78 is 5.64. The van der Waals surface area contributed by atoms with Gasteiger partial charge in [-0.15, -0.1) is 0 Å². The zero-order valence-electron chi connectivity index (χ0n) is 10.6. The molecule has 18 heavy (non-hydrogen) atoms. The highest BCUT2D eigenvalue weighted by Crippen LogP contribution is 2.15. The van der Waals surface area contributed by atoms with Gasteiger partial charge in [-0.3, -0.25) is 4.79 Å². The Balaban J connectivity index is 2.06. The molecule has 2 aromatic carbocycles. The Hall–Kier alpha value is -2.09. The minimum Gasteiger partial charge on any atom is -0.483 e. The molecular weight excluding hydrogens is 224 g/mol. The number of carbonyl (C=O) groups is 1. The van der Waals surface area contributed by atoms with Gasteiger partial charge in [0.1, 0.15) is 5.75 Å². The maximum atomic E-state index is 12.1. The molecule has 0 fully saturated rings. The van der Waals surface area contributed by atoms with Crippen LogP contribution in [0, 0.1) is 6.92 Å². The fourth-order valence-electron chi connectivity index (χ4n) is 1.71. The summed E-state index contributed by atoms with van der Waals surface area (Å²) in [5.74, 6) is 0.716. The molecule has 92 valence electrons. The number of ketones is 1. The summed E-state index contributed by atoms with van der Waals surface area (Å²) in [5, 5.41) is 0. The van der Waals surface area contributed by atoms with E-state index >= 15 is 0 Å². The number of aryl methyl sites for hydroxylation is 1. The smallest absolute Gasteiger partial charge is 0.202 e. The highest BCUT2D eigenvalue weighted by atomic mass is 16.5. The summed E-state index contributed by atoms with van der Waals surface area (Å²) in [6.45, 7) is 3.79. The van der Waals surface area contributed by atoms with Gasteiger partial charge in [0.15, 0.2) is 6.10 Å². The lowest BCUT2D eigenvalue weighted by atomic mass is 10.1. The number of hydrogen-bond acceptors (Lipinski definition) is 2. The molecule has 0 aromatic heterocycles. The van der Waals surface area contributed by atoms with Crippen LogP contribution >= 0.6 is 0 Å². The second-order valence-electron chi connectivity index (χ2n) is 4.30. The number of Topliss-reactive ketones (excluding diaryl/α,β-unsaturated/α-hetero) is 1. The molecule has 0 aliphatic carbocycles. The van der Waals surface area contributed by atoms with Gasteiger partial charge in [-0.2, -0.15) is 0 Å². The van der Waals surface area contributed by atoms with Gasteiger partial charge < -0.3 is 4.74 Å². The first kappa shape index (κ1) is 12.4. The second-order valence-corrected chi connectivity index (χ2v) is 4.30. The average Bonchev–Trinajstić information content (AvgIpc) is 2.41. The molecule has 0 N–H and O–H groups in total. The first-order chi connectivity index (χ1) is 8.66. The quantitative estimate of drug-likeness (QED) is 0.762. The minimum absolute atomic E-state index is 0.00354. The maximum absolute atomic E-state index is 12.1. The first-order valence-corrected chi connectivity index (χ1v) is 5.99. The third-order valence-electron chi connectivity index (χ3n) is 2.76. The van der Waals surface area contributed by atoms with Crippen molar-refractivity contribution < 1.29 is 9.53 Å². The van der Waals surface area contributed by atoms with Crippen LogP contribution in [-0.4, -0.2) is 11.9 Å². The number of hydrogen-bond donors (Lipinski definition) is 0. The van der Waals surface area contributed by atoms with E-state index in [0.717, 1.165) is 5.75 Å². The molecule has 0 aliphatic heterocycles. The zero-order chi connectivity index (χ0) is 13.0. The predicted octanol–water partition coefficient (Wildman–Crippen LogP) is 3.65. The van der Waals surface area contributed by atoms with Gasteiger partial charge in [-0.1, -0.05) is 48.0 Å². The SMILES string of the molecule is Cc1ccc(OC(C)C(=O)c2ccccc2)cc1. The molecule has 0 heterocycles. The Morgan fingerprint density at radius 3 is 2.22 bits per heavy atom. The van der Waals surface area contributed by atoms with E-state index in [1.54, 1.807) is 19.1 Å². The number of ether oxygens (including phenoxy) is 1. The first-order valence-electron chi connectivity index (χ1n) is 5.99. The highest BCUT2D eigenvalue weighted by molar-refractivity contribution is 5.99. The van der Waals surface area contributed by atoms with E-state index in [-0.39, 0.29) is 5.78 Å². The molecule has 1 atom stereocenters. The van der Waals surface area contributed by atoms with Gasteiger partial charge in [-0.25, -0.2) is 0 Å². The Morgan fingerprint density at radius 2 is 1.61 bits per heavy atom. The lowest BCUT2D eigenvalue weighted by Crippen LogP contribution is -2.23. The second kappa shape index (κ2) is 5.50. The van der Waals surface area contributed by atoms with Crippen LogP contribution in [0.15, 0.2) is 54.6 Å².